The van der Waals surface area contributed by atoms with Crippen molar-refractivity contribution in [2.24, 2.45) is 0 Å². The number of nitrogens with one attached hydrogen (secondary N) is 1. The third kappa shape index (κ3) is 4.74. The predicted octanol–water partition coefficient (Wildman–Crippen LogP) is 3.69. The number of hydrogen-bond acceptors (Lipinski definition) is 7. The summed E-state index contributed by atoms with van der Waals surface area (Å²) in [5.41, 5.74) is 2.89. The monoisotopic (exact) mass is 473 g/mol. The summed E-state index contributed by atoms with van der Waals surface area (Å²) < 4.78 is 13.6. The normalized spacial score (nSPS) is 14.6. The SMILES string of the molecule is Cc1ccccc1-n1c(SCC(=O)NC[C@H]2COc3ccccc3O2)nnc1-c1cccnc1. The van der Waals surface area contributed by atoms with E-state index >= 15 is 0 Å². The summed E-state index contributed by atoms with van der Waals surface area (Å²) in [6, 6.07) is 19.3. The molecule has 0 bridgehead atoms. The number of ether oxygens (including phenoxy) is 2. The zero-order chi connectivity index (χ0) is 23.3. The first kappa shape index (κ1) is 22.0. The molecule has 0 fully saturated rings. The van der Waals surface area contributed by atoms with Gasteiger partial charge >= 0.3 is 0 Å². The largest absolute Gasteiger partial charge is 0.486 e. The van der Waals surface area contributed by atoms with E-state index in [1.54, 1.807) is 12.4 Å². The number of para-hydroxylation sites is 3. The molecular weight excluding hydrogens is 450 g/mol. The second kappa shape index (κ2) is 9.96. The minimum absolute atomic E-state index is 0.116. The van der Waals surface area contributed by atoms with Crippen LogP contribution in [-0.4, -0.2) is 50.7 Å². The number of aromatic nitrogens is 4. The lowest BCUT2D eigenvalue weighted by Gasteiger charge is -2.26. The average molecular weight is 474 g/mol. The molecule has 0 saturated heterocycles. The molecule has 2 aromatic carbocycles. The number of fused-ring (bicyclic) bond motifs is 1. The van der Waals surface area contributed by atoms with Gasteiger partial charge in [-0.25, -0.2) is 0 Å². The highest BCUT2D eigenvalue weighted by Crippen LogP contribution is 2.31. The van der Waals surface area contributed by atoms with Gasteiger partial charge in [0.1, 0.15) is 12.7 Å². The Hall–Kier alpha value is -3.85. The zero-order valence-corrected chi connectivity index (χ0v) is 19.4. The van der Waals surface area contributed by atoms with E-state index in [-0.39, 0.29) is 17.8 Å². The highest BCUT2D eigenvalue weighted by Gasteiger charge is 2.22. The molecule has 0 unspecified atom stereocenters. The topological polar surface area (TPSA) is 91.2 Å². The fourth-order valence-corrected chi connectivity index (χ4v) is 4.42. The van der Waals surface area contributed by atoms with Crippen molar-refractivity contribution in [3.8, 4) is 28.6 Å². The highest BCUT2D eigenvalue weighted by atomic mass is 32.2. The quantitative estimate of drug-likeness (QED) is 0.410. The molecule has 1 aliphatic rings. The Morgan fingerprint density at radius 1 is 1.09 bits per heavy atom. The van der Waals surface area contributed by atoms with E-state index in [0.29, 0.717) is 29.9 Å². The maximum atomic E-state index is 12.6. The maximum absolute atomic E-state index is 12.6. The molecule has 1 amide bonds. The number of carbonyl (C=O) groups excluding carboxylic acids is 1. The molecule has 3 heterocycles. The number of rotatable bonds is 7. The Labute approximate surface area is 201 Å². The summed E-state index contributed by atoms with van der Waals surface area (Å²) in [5.74, 6) is 2.17. The average Bonchev–Trinajstić information content (AvgIpc) is 3.30. The van der Waals surface area contributed by atoms with Crippen LogP contribution in [0.1, 0.15) is 5.56 Å². The van der Waals surface area contributed by atoms with E-state index in [2.05, 4.69) is 20.5 Å². The van der Waals surface area contributed by atoms with Gasteiger partial charge < -0.3 is 14.8 Å². The van der Waals surface area contributed by atoms with E-state index in [9.17, 15) is 4.79 Å². The molecule has 0 aliphatic carbocycles. The number of thioether (sulfide) groups is 1. The Morgan fingerprint density at radius 3 is 2.74 bits per heavy atom. The van der Waals surface area contributed by atoms with E-state index in [0.717, 1.165) is 22.6 Å². The van der Waals surface area contributed by atoms with Gasteiger partial charge in [-0.05, 0) is 42.8 Å². The van der Waals surface area contributed by atoms with E-state index in [4.69, 9.17) is 9.47 Å². The summed E-state index contributed by atoms with van der Waals surface area (Å²) in [5, 5.41) is 12.4. The smallest absolute Gasteiger partial charge is 0.230 e. The molecule has 0 saturated carbocycles. The Morgan fingerprint density at radius 2 is 1.91 bits per heavy atom. The first-order chi connectivity index (χ1) is 16.7. The first-order valence-electron chi connectivity index (χ1n) is 10.9. The lowest BCUT2D eigenvalue weighted by Crippen LogP contribution is -2.41. The van der Waals surface area contributed by atoms with Crippen LogP contribution in [0.2, 0.25) is 0 Å². The van der Waals surface area contributed by atoms with Crippen molar-refractivity contribution >= 4 is 17.7 Å². The van der Waals surface area contributed by atoms with E-state index in [1.807, 2.05) is 72.2 Å². The van der Waals surface area contributed by atoms with Crippen LogP contribution in [0, 0.1) is 6.92 Å². The van der Waals surface area contributed by atoms with Crippen LogP contribution in [0.15, 0.2) is 78.2 Å². The van der Waals surface area contributed by atoms with Crippen LogP contribution in [0.4, 0.5) is 0 Å². The predicted molar refractivity (Wildman–Crippen MR) is 129 cm³/mol. The second-order valence-corrected chi connectivity index (χ2v) is 8.70. The van der Waals surface area contributed by atoms with Crippen LogP contribution in [0.3, 0.4) is 0 Å². The number of benzene rings is 2. The second-order valence-electron chi connectivity index (χ2n) is 7.76. The molecular formula is C25H23N5O3S. The fraction of sp³-hybridized carbons (Fsp3) is 0.200. The third-order valence-corrected chi connectivity index (χ3v) is 6.27. The minimum Gasteiger partial charge on any atom is -0.486 e. The standard InChI is InChI=1S/C25H23N5O3S/c1-17-7-2-3-9-20(17)30-24(18-8-6-12-26-13-18)28-29-25(30)34-16-23(31)27-14-19-15-32-21-10-4-5-11-22(21)33-19/h2-13,19H,14-16H2,1H3,(H,27,31)/t19-/m0/s1. The van der Waals surface area contributed by atoms with Crippen molar-refractivity contribution in [3.05, 3.63) is 78.6 Å². The number of amides is 1. The summed E-state index contributed by atoms with van der Waals surface area (Å²) in [7, 11) is 0. The Bertz CT molecular complexity index is 1290. The number of nitrogens with zero attached hydrogens (tertiary/aromatic N) is 4. The van der Waals surface area contributed by atoms with Crippen molar-refractivity contribution < 1.29 is 14.3 Å². The van der Waals surface area contributed by atoms with Gasteiger partial charge in [-0.2, -0.15) is 0 Å². The fourth-order valence-electron chi connectivity index (χ4n) is 3.65. The molecule has 0 spiro atoms. The molecule has 8 nitrogen and oxygen atoms in total. The zero-order valence-electron chi connectivity index (χ0n) is 18.5. The number of pyridine rings is 1. The minimum atomic E-state index is -0.239. The van der Waals surface area contributed by atoms with Crippen LogP contribution in [0.25, 0.3) is 17.1 Å². The lowest BCUT2D eigenvalue weighted by molar-refractivity contribution is -0.119. The van der Waals surface area contributed by atoms with Gasteiger partial charge in [0, 0.05) is 18.0 Å². The van der Waals surface area contributed by atoms with Gasteiger partial charge in [-0.15, -0.1) is 10.2 Å². The first-order valence-corrected chi connectivity index (χ1v) is 11.9. The Kier molecular flexibility index (Phi) is 6.44. The van der Waals surface area contributed by atoms with Gasteiger partial charge in [-0.3, -0.25) is 14.3 Å². The Balaban J connectivity index is 1.27. The van der Waals surface area contributed by atoms with Gasteiger partial charge in [0.2, 0.25) is 5.91 Å². The number of aryl methyl sites for hydroxylation is 1. The van der Waals surface area contributed by atoms with Crippen LogP contribution in [0.5, 0.6) is 11.5 Å². The van der Waals surface area contributed by atoms with E-state index in [1.165, 1.54) is 11.8 Å². The molecule has 34 heavy (non-hydrogen) atoms. The van der Waals surface area contributed by atoms with Crippen molar-refractivity contribution in [2.45, 2.75) is 18.2 Å². The molecule has 9 heteroatoms. The van der Waals surface area contributed by atoms with Crippen molar-refractivity contribution in [1.82, 2.24) is 25.1 Å². The molecule has 1 atom stereocenters. The molecule has 2 aromatic heterocycles. The van der Waals surface area contributed by atoms with Crippen molar-refractivity contribution in [1.29, 1.82) is 0 Å². The summed E-state index contributed by atoms with van der Waals surface area (Å²) in [6.45, 7) is 2.79. The third-order valence-electron chi connectivity index (χ3n) is 5.34. The highest BCUT2D eigenvalue weighted by molar-refractivity contribution is 7.99. The van der Waals surface area contributed by atoms with Crippen molar-refractivity contribution in [3.63, 3.8) is 0 Å². The van der Waals surface area contributed by atoms with E-state index < -0.39 is 0 Å². The van der Waals surface area contributed by atoms with Gasteiger partial charge in [0.05, 0.1) is 18.0 Å². The van der Waals surface area contributed by atoms with Crippen LogP contribution in [-0.2, 0) is 4.79 Å². The number of hydrogen-bond donors (Lipinski definition) is 1. The molecule has 1 aliphatic heterocycles. The van der Waals surface area contributed by atoms with Crippen LogP contribution < -0.4 is 14.8 Å². The van der Waals surface area contributed by atoms with Gasteiger partial charge in [-0.1, -0.05) is 42.1 Å². The number of carbonyl (C=O) groups is 1. The summed E-state index contributed by atoms with van der Waals surface area (Å²) in [4.78, 5) is 16.8. The maximum Gasteiger partial charge on any atom is 0.230 e. The van der Waals surface area contributed by atoms with Gasteiger partial charge in [0.15, 0.2) is 22.5 Å². The lowest BCUT2D eigenvalue weighted by atomic mass is 10.2. The van der Waals surface area contributed by atoms with Gasteiger partial charge in [0.25, 0.3) is 0 Å². The molecule has 5 rings (SSSR count). The molecule has 172 valence electrons. The molecule has 1 N–H and O–H groups in total. The van der Waals surface area contributed by atoms with Crippen molar-refractivity contribution in [2.75, 3.05) is 18.9 Å². The molecule has 0 radical (unpaired) electrons. The molecule has 4 aromatic rings. The van der Waals surface area contributed by atoms with Crippen LogP contribution >= 0.6 is 11.8 Å². The summed E-state index contributed by atoms with van der Waals surface area (Å²) in [6.07, 6.45) is 3.23. The summed E-state index contributed by atoms with van der Waals surface area (Å²) >= 11 is 1.33.